The van der Waals surface area contributed by atoms with E-state index in [1.165, 1.54) is 16.8 Å². The highest BCUT2D eigenvalue weighted by Crippen LogP contribution is 2.26. The van der Waals surface area contributed by atoms with Crippen molar-refractivity contribution < 1.29 is 13.2 Å². The van der Waals surface area contributed by atoms with Crippen LogP contribution < -0.4 is 4.74 Å². The minimum absolute atomic E-state index is 0.00269. The molecule has 7 heteroatoms. The molecular weight excluding hydrogens is 276 g/mol. The van der Waals surface area contributed by atoms with E-state index in [1.807, 2.05) is 0 Å². The average Bonchev–Trinajstić information content (AvgIpc) is 2.32. The Bertz CT molecular complexity index is 513. The van der Waals surface area contributed by atoms with Gasteiger partial charge < -0.3 is 4.74 Å². The van der Waals surface area contributed by atoms with Gasteiger partial charge >= 0.3 is 0 Å². The van der Waals surface area contributed by atoms with Gasteiger partial charge in [-0.05, 0) is 12.8 Å². The van der Waals surface area contributed by atoms with Crippen LogP contribution in [0.15, 0.2) is 18.5 Å². The van der Waals surface area contributed by atoms with Crippen LogP contribution in [0.2, 0.25) is 5.02 Å². The Morgan fingerprint density at radius 3 is 2.67 bits per heavy atom. The van der Waals surface area contributed by atoms with Gasteiger partial charge in [0.1, 0.15) is 16.9 Å². The molecule has 1 fully saturated rings. The molecule has 0 amide bonds. The van der Waals surface area contributed by atoms with Crippen molar-refractivity contribution in [1.29, 1.82) is 0 Å². The number of rotatable bonds is 3. The minimum atomic E-state index is -3.09. The first-order valence-corrected chi connectivity index (χ1v) is 7.91. The van der Waals surface area contributed by atoms with Gasteiger partial charge in [-0.1, -0.05) is 11.6 Å². The smallest absolute Gasteiger partial charge is 0.211 e. The maximum atomic E-state index is 11.4. The van der Waals surface area contributed by atoms with Gasteiger partial charge in [-0.2, -0.15) is 0 Å². The normalized spacial score (nSPS) is 18.8. The van der Waals surface area contributed by atoms with Gasteiger partial charge in [-0.25, -0.2) is 12.7 Å². The van der Waals surface area contributed by atoms with E-state index in [0.717, 1.165) is 0 Å². The largest absolute Gasteiger partial charge is 0.489 e. The Morgan fingerprint density at radius 2 is 2.11 bits per heavy atom. The molecule has 0 radical (unpaired) electrons. The van der Waals surface area contributed by atoms with Crippen LogP contribution in [0, 0.1) is 0 Å². The first-order valence-electron chi connectivity index (χ1n) is 5.68. The van der Waals surface area contributed by atoms with Crippen LogP contribution in [-0.2, 0) is 10.0 Å². The molecule has 0 aliphatic carbocycles. The number of piperidine rings is 1. The summed E-state index contributed by atoms with van der Waals surface area (Å²) in [5.41, 5.74) is 0. The van der Waals surface area contributed by atoms with Crippen LogP contribution in [-0.4, -0.2) is 43.2 Å². The standard InChI is InChI=1S/C11H15ClN2O3S/c1-18(15,16)14-6-3-9(4-7-14)17-11-2-5-13-8-10(11)12/h2,5,8-9H,3-4,6-7H2,1H3. The Morgan fingerprint density at radius 1 is 1.44 bits per heavy atom. The average molecular weight is 291 g/mol. The molecule has 1 aliphatic heterocycles. The lowest BCUT2D eigenvalue weighted by atomic mass is 10.1. The van der Waals surface area contributed by atoms with Crippen molar-refractivity contribution in [2.45, 2.75) is 18.9 Å². The van der Waals surface area contributed by atoms with Crippen LogP contribution in [0.25, 0.3) is 0 Å². The second-order valence-electron chi connectivity index (χ2n) is 4.29. The maximum absolute atomic E-state index is 11.4. The number of ether oxygens (including phenoxy) is 1. The molecule has 0 saturated carbocycles. The van der Waals surface area contributed by atoms with E-state index in [9.17, 15) is 8.42 Å². The van der Waals surface area contributed by atoms with Gasteiger partial charge in [0.25, 0.3) is 0 Å². The number of sulfonamides is 1. The Hall–Kier alpha value is -0.850. The highest BCUT2D eigenvalue weighted by molar-refractivity contribution is 7.88. The van der Waals surface area contributed by atoms with E-state index in [1.54, 1.807) is 12.3 Å². The first kappa shape index (κ1) is 13.6. The first-order chi connectivity index (χ1) is 8.47. The summed E-state index contributed by atoms with van der Waals surface area (Å²) < 4.78 is 29.9. The zero-order valence-corrected chi connectivity index (χ0v) is 11.6. The molecule has 100 valence electrons. The summed E-state index contributed by atoms with van der Waals surface area (Å²) in [5, 5.41) is 0.475. The van der Waals surface area contributed by atoms with Crippen molar-refractivity contribution in [2.24, 2.45) is 0 Å². The van der Waals surface area contributed by atoms with Gasteiger partial charge in [-0.15, -0.1) is 0 Å². The summed E-state index contributed by atoms with van der Waals surface area (Å²) in [6, 6.07) is 1.71. The van der Waals surface area contributed by atoms with Gasteiger partial charge in [-0.3, -0.25) is 4.98 Å². The quantitative estimate of drug-likeness (QED) is 0.847. The molecule has 1 aliphatic rings. The van der Waals surface area contributed by atoms with E-state index in [-0.39, 0.29) is 6.10 Å². The molecule has 0 atom stereocenters. The molecule has 0 aromatic carbocycles. The molecule has 1 aromatic rings. The predicted molar refractivity (Wildman–Crippen MR) is 69.3 cm³/mol. The zero-order chi connectivity index (χ0) is 13.2. The summed E-state index contributed by atoms with van der Waals surface area (Å²) >= 11 is 5.95. The highest BCUT2D eigenvalue weighted by Gasteiger charge is 2.26. The fourth-order valence-corrected chi connectivity index (χ4v) is 2.96. The van der Waals surface area contributed by atoms with Crippen molar-refractivity contribution in [3.8, 4) is 5.75 Å². The molecule has 5 nitrogen and oxygen atoms in total. The maximum Gasteiger partial charge on any atom is 0.211 e. The molecule has 1 saturated heterocycles. The summed E-state index contributed by atoms with van der Waals surface area (Å²) in [4.78, 5) is 3.88. The van der Waals surface area contributed by atoms with Gasteiger partial charge in [0.2, 0.25) is 10.0 Å². The number of halogens is 1. The van der Waals surface area contributed by atoms with E-state index in [0.29, 0.717) is 36.7 Å². The Labute approximate surface area is 112 Å². The van der Waals surface area contributed by atoms with Crippen molar-refractivity contribution in [3.63, 3.8) is 0 Å². The lowest BCUT2D eigenvalue weighted by Gasteiger charge is -2.30. The fraction of sp³-hybridized carbons (Fsp3) is 0.545. The van der Waals surface area contributed by atoms with Crippen LogP contribution >= 0.6 is 11.6 Å². The molecule has 0 unspecified atom stereocenters. The van der Waals surface area contributed by atoms with E-state index in [2.05, 4.69) is 4.98 Å². The Balaban J connectivity index is 1.94. The van der Waals surface area contributed by atoms with Gasteiger partial charge in [0.05, 0.1) is 6.26 Å². The van der Waals surface area contributed by atoms with E-state index >= 15 is 0 Å². The second kappa shape index (κ2) is 5.42. The minimum Gasteiger partial charge on any atom is -0.489 e. The topological polar surface area (TPSA) is 59.5 Å². The molecule has 0 bridgehead atoms. The number of nitrogens with zero attached hydrogens (tertiary/aromatic N) is 2. The molecule has 0 spiro atoms. The van der Waals surface area contributed by atoms with Crippen molar-refractivity contribution >= 4 is 21.6 Å². The number of aromatic nitrogens is 1. The summed E-state index contributed by atoms with van der Waals surface area (Å²) in [6.07, 6.45) is 5.73. The molecule has 18 heavy (non-hydrogen) atoms. The molecule has 0 N–H and O–H groups in total. The number of hydrogen-bond donors (Lipinski definition) is 0. The lowest BCUT2D eigenvalue weighted by molar-refractivity contribution is 0.135. The third kappa shape index (κ3) is 3.34. The van der Waals surface area contributed by atoms with Crippen molar-refractivity contribution in [3.05, 3.63) is 23.5 Å². The van der Waals surface area contributed by atoms with Gasteiger partial charge in [0.15, 0.2) is 0 Å². The fourth-order valence-electron chi connectivity index (χ4n) is 1.92. The number of hydrogen-bond acceptors (Lipinski definition) is 4. The Kier molecular flexibility index (Phi) is 4.09. The molecule has 1 aromatic heterocycles. The summed E-state index contributed by atoms with van der Waals surface area (Å²) in [6.45, 7) is 0.985. The monoisotopic (exact) mass is 290 g/mol. The predicted octanol–water partition coefficient (Wildman–Crippen LogP) is 1.54. The van der Waals surface area contributed by atoms with Crippen LogP contribution in [0.1, 0.15) is 12.8 Å². The van der Waals surface area contributed by atoms with Crippen LogP contribution in [0.5, 0.6) is 5.75 Å². The van der Waals surface area contributed by atoms with Crippen LogP contribution in [0.3, 0.4) is 0 Å². The van der Waals surface area contributed by atoms with Gasteiger partial charge in [0, 0.05) is 31.5 Å². The summed E-state index contributed by atoms with van der Waals surface area (Å²) in [7, 11) is -3.09. The summed E-state index contributed by atoms with van der Waals surface area (Å²) in [5.74, 6) is 0.601. The van der Waals surface area contributed by atoms with E-state index < -0.39 is 10.0 Å². The number of pyridine rings is 1. The third-order valence-corrected chi connectivity index (χ3v) is 4.49. The highest BCUT2D eigenvalue weighted by atomic mass is 35.5. The molecule has 2 rings (SSSR count). The van der Waals surface area contributed by atoms with Crippen molar-refractivity contribution in [1.82, 2.24) is 9.29 Å². The lowest BCUT2D eigenvalue weighted by Crippen LogP contribution is -2.41. The SMILES string of the molecule is CS(=O)(=O)N1CCC(Oc2ccncc2Cl)CC1. The van der Waals surface area contributed by atoms with Crippen LogP contribution in [0.4, 0.5) is 0 Å². The molecule has 2 heterocycles. The molecular formula is C11H15ClN2O3S. The second-order valence-corrected chi connectivity index (χ2v) is 6.67. The third-order valence-electron chi connectivity index (χ3n) is 2.90. The van der Waals surface area contributed by atoms with E-state index in [4.69, 9.17) is 16.3 Å². The zero-order valence-electron chi connectivity index (χ0n) is 10.0. The van der Waals surface area contributed by atoms with Crippen molar-refractivity contribution in [2.75, 3.05) is 19.3 Å².